The van der Waals surface area contributed by atoms with E-state index >= 15 is 0 Å². The van der Waals surface area contributed by atoms with Crippen molar-refractivity contribution in [1.29, 1.82) is 0 Å². The molecule has 0 saturated carbocycles. The number of nitrogens with one attached hydrogen (secondary N) is 1. The topological polar surface area (TPSA) is 95.6 Å². The van der Waals surface area contributed by atoms with Crippen molar-refractivity contribution in [3.05, 3.63) is 63.8 Å². The van der Waals surface area contributed by atoms with Crippen molar-refractivity contribution in [1.82, 2.24) is 10.2 Å². The zero-order valence-electron chi connectivity index (χ0n) is 22.5. The van der Waals surface area contributed by atoms with Gasteiger partial charge in [0.15, 0.2) is 23.0 Å². The maximum absolute atomic E-state index is 14.0. The Hall–Kier alpha value is -3.57. The molecule has 2 unspecified atom stereocenters. The van der Waals surface area contributed by atoms with Crippen LogP contribution in [-0.2, 0) is 11.2 Å². The Morgan fingerprint density at radius 1 is 0.897 bits per heavy atom. The molecule has 1 N–H and O–H groups in total. The molecule has 2 amide bonds. The summed E-state index contributed by atoms with van der Waals surface area (Å²) in [6.45, 7) is 0.408. The second kappa shape index (κ2) is 13.0. The van der Waals surface area contributed by atoms with E-state index in [0.29, 0.717) is 53.0 Å². The van der Waals surface area contributed by atoms with Crippen molar-refractivity contribution < 1.29 is 33.3 Å². The van der Waals surface area contributed by atoms with Gasteiger partial charge in [-0.3, -0.25) is 9.59 Å². The maximum atomic E-state index is 14.0. The lowest BCUT2D eigenvalue weighted by Gasteiger charge is -2.29. The molecule has 1 aliphatic rings. The highest BCUT2D eigenvalue weighted by Crippen LogP contribution is 2.45. The standard InChI is InChI=1S/C28H32N2O7S2/c1-33-20-9-8-17(13-21(20)34-2)10-11-29-26(31)19-16-39-28(24-7-6-12-38-24)30(19)27(32)18-14-22(35-3)25(37-5)23(15-18)36-4/h6-9,12-15,19,28H,10-11,16H2,1-5H3,(H,29,31). The lowest BCUT2D eigenvalue weighted by Crippen LogP contribution is -2.48. The van der Waals surface area contributed by atoms with Gasteiger partial charge < -0.3 is 33.9 Å². The molecule has 1 aromatic heterocycles. The van der Waals surface area contributed by atoms with Crippen LogP contribution in [-0.4, -0.2) is 70.6 Å². The van der Waals surface area contributed by atoms with Crippen LogP contribution in [0.2, 0.25) is 0 Å². The van der Waals surface area contributed by atoms with Crippen LogP contribution in [0.5, 0.6) is 28.7 Å². The molecular formula is C28H32N2O7S2. The molecule has 0 aliphatic carbocycles. The molecule has 2 heterocycles. The smallest absolute Gasteiger partial charge is 0.256 e. The average molecular weight is 573 g/mol. The number of rotatable bonds is 11. The predicted octanol–water partition coefficient (Wildman–Crippen LogP) is 4.41. The Bertz CT molecular complexity index is 1270. The van der Waals surface area contributed by atoms with Crippen LogP contribution in [0.3, 0.4) is 0 Å². The molecule has 0 bridgehead atoms. The number of hydrogen-bond donors (Lipinski definition) is 1. The fourth-order valence-corrected chi connectivity index (χ4v) is 6.84. The SMILES string of the molecule is COc1ccc(CCNC(=O)C2CSC(c3cccs3)N2C(=O)c2cc(OC)c(OC)c(OC)c2)cc1OC. The number of hydrogen-bond acceptors (Lipinski definition) is 9. The van der Waals surface area contributed by atoms with E-state index in [0.717, 1.165) is 10.4 Å². The van der Waals surface area contributed by atoms with E-state index in [1.807, 2.05) is 35.7 Å². The highest BCUT2D eigenvalue weighted by Gasteiger charge is 2.43. The van der Waals surface area contributed by atoms with Crippen LogP contribution in [0.15, 0.2) is 47.8 Å². The van der Waals surface area contributed by atoms with Crippen molar-refractivity contribution in [2.24, 2.45) is 0 Å². The number of amides is 2. The van der Waals surface area contributed by atoms with Crippen molar-refractivity contribution in [2.75, 3.05) is 47.8 Å². The Balaban J connectivity index is 1.55. The lowest BCUT2D eigenvalue weighted by atomic mass is 10.1. The summed E-state index contributed by atoms with van der Waals surface area (Å²) in [7, 11) is 7.69. The first-order chi connectivity index (χ1) is 18.9. The first-order valence-electron chi connectivity index (χ1n) is 12.2. The van der Waals surface area contributed by atoms with Crippen LogP contribution in [0.1, 0.15) is 26.2 Å². The van der Waals surface area contributed by atoms with Gasteiger partial charge in [0.05, 0.1) is 35.5 Å². The summed E-state index contributed by atoms with van der Waals surface area (Å²) < 4.78 is 27.0. The van der Waals surface area contributed by atoms with Gasteiger partial charge in [0, 0.05) is 22.7 Å². The number of thioether (sulfide) groups is 1. The number of nitrogens with zero attached hydrogens (tertiary/aromatic N) is 1. The lowest BCUT2D eigenvalue weighted by molar-refractivity contribution is -0.124. The Morgan fingerprint density at radius 3 is 2.18 bits per heavy atom. The summed E-state index contributed by atoms with van der Waals surface area (Å²) in [5, 5.41) is 4.69. The van der Waals surface area contributed by atoms with E-state index < -0.39 is 6.04 Å². The van der Waals surface area contributed by atoms with E-state index in [1.54, 1.807) is 54.4 Å². The largest absolute Gasteiger partial charge is 0.493 e. The minimum atomic E-state index is -0.654. The minimum absolute atomic E-state index is 0.206. The summed E-state index contributed by atoms with van der Waals surface area (Å²) in [4.78, 5) is 30.1. The third-order valence-electron chi connectivity index (χ3n) is 6.40. The molecule has 11 heteroatoms. The van der Waals surface area contributed by atoms with Gasteiger partial charge in [-0.2, -0.15) is 0 Å². The third kappa shape index (κ3) is 6.04. The fraction of sp³-hybridized carbons (Fsp3) is 0.357. The molecule has 0 radical (unpaired) electrons. The van der Waals surface area contributed by atoms with Crippen molar-refractivity contribution >= 4 is 34.9 Å². The number of carbonyl (C=O) groups excluding carboxylic acids is 2. The van der Waals surface area contributed by atoms with Crippen molar-refractivity contribution in [3.63, 3.8) is 0 Å². The van der Waals surface area contributed by atoms with Crippen LogP contribution in [0.4, 0.5) is 0 Å². The van der Waals surface area contributed by atoms with Gasteiger partial charge in [0.25, 0.3) is 5.91 Å². The highest BCUT2D eigenvalue weighted by molar-refractivity contribution is 7.99. The molecule has 2 aromatic carbocycles. The van der Waals surface area contributed by atoms with Crippen LogP contribution in [0.25, 0.3) is 0 Å². The first kappa shape index (κ1) is 28.4. The second-order valence-corrected chi connectivity index (χ2v) is 10.7. The van der Waals surface area contributed by atoms with E-state index in [9.17, 15) is 9.59 Å². The summed E-state index contributed by atoms with van der Waals surface area (Å²) in [6, 6.07) is 12.2. The van der Waals surface area contributed by atoms with E-state index in [-0.39, 0.29) is 17.2 Å². The summed E-state index contributed by atoms with van der Waals surface area (Å²) in [5.74, 6) is 2.39. The van der Waals surface area contributed by atoms with Gasteiger partial charge >= 0.3 is 0 Å². The molecule has 9 nitrogen and oxygen atoms in total. The summed E-state index contributed by atoms with van der Waals surface area (Å²) in [6.07, 6.45) is 0.598. The molecule has 4 rings (SSSR count). The molecule has 3 aromatic rings. The van der Waals surface area contributed by atoms with Gasteiger partial charge in [-0.15, -0.1) is 23.1 Å². The molecule has 39 heavy (non-hydrogen) atoms. The van der Waals surface area contributed by atoms with E-state index in [4.69, 9.17) is 23.7 Å². The Kier molecular flexibility index (Phi) is 9.47. The van der Waals surface area contributed by atoms with Gasteiger partial charge in [0.2, 0.25) is 11.7 Å². The summed E-state index contributed by atoms with van der Waals surface area (Å²) in [5.41, 5.74) is 1.34. The average Bonchev–Trinajstić information content (AvgIpc) is 3.66. The van der Waals surface area contributed by atoms with Crippen molar-refractivity contribution in [3.8, 4) is 28.7 Å². The number of thiophene rings is 1. The third-order valence-corrected chi connectivity index (χ3v) is 8.78. The van der Waals surface area contributed by atoms with Gasteiger partial charge in [-0.25, -0.2) is 0 Å². The normalized spacial score (nSPS) is 16.5. The quantitative estimate of drug-likeness (QED) is 0.361. The predicted molar refractivity (Wildman–Crippen MR) is 152 cm³/mol. The molecule has 1 fully saturated rings. The Morgan fingerprint density at radius 2 is 1.59 bits per heavy atom. The zero-order valence-corrected chi connectivity index (χ0v) is 24.1. The molecular weight excluding hydrogens is 540 g/mol. The van der Waals surface area contributed by atoms with E-state index in [1.165, 1.54) is 21.3 Å². The minimum Gasteiger partial charge on any atom is -0.493 e. The number of ether oxygens (including phenoxy) is 5. The highest BCUT2D eigenvalue weighted by atomic mass is 32.2. The maximum Gasteiger partial charge on any atom is 0.256 e. The van der Waals surface area contributed by atoms with Gasteiger partial charge in [-0.05, 0) is 47.7 Å². The van der Waals surface area contributed by atoms with E-state index in [2.05, 4.69) is 5.32 Å². The fourth-order valence-electron chi connectivity index (χ4n) is 4.44. The number of carbonyl (C=O) groups is 2. The number of methoxy groups -OCH3 is 5. The molecule has 208 valence electrons. The molecule has 1 saturated heterocycles. The molecule has 0 spiro atoms. The van der Waals surface area contributed by atoms with Crippen LogP contribution >= 0.6 is 23.1 Å². The molecule has 2 atom stereocenters. The molecule has 1 aliphatic heterocycles. The van der Waals surface area contributed by atoms with Crippen molar-refractivity contribution in [2.45, 2.75) is 17.8 Å². The van der Waals surface area contributed by atoms with Gasteiger partial charge in [0.1, 0.15) is 11.4 Å². The monoisotopic (exact) mass is 572 g/mol. The van der Waals surface area contributed by atoms with Crippen LogP contribution < -0.4 is 29.0 Å². The van der Waals surface area contributed by atoms with Gasteiger partial charge in [-0.1, -0.05) is 12.1 Å². The Labute approximate surface area is 236 Å². The first-order valence-corrected chi connectivity index (χ1v) is 14.1. The second-order valence-electron chi connectivity index (χ2n) is 8.57. The van der Waals surface area contributed by atoms with Crippen LogP contribution in [0, 0.1) is 0 Å². The summed E-state index contributed by atoms with van der Waals surface area (Å²) >= 11 is 3.13. The zero-order chi connectivity index (χ0) is 27.9. The number of benzene rings is 2.